The largest absolute Gasteiger partial charge is 0.394 e. The Balaban J connectivity index is 2.01. The van der Waals surface area contributed by atoms with Gasteiger partial charge >= 0.3 is 0 Å². The van der Waals surface area contributed by atoms with Gasteiger partial charge in [-0.25, -0.2) is 4.68 Å². The summed E-state index contributed by atoms with van der Waals surface area (Å²) in [6.45, 7) is 3.14. The van der Waals surface area contributed by atoms with E-state index in [9.17, 15) is 0 Å². The Labute approximate surface area is 100 Å². The standard InChI is InChI=1S/C10H20N4O3/c15-4-3-14-9-10(12-13-14)8-11-2-1-6-17-7-5-16/h9,11,15-16H,1-8H2. The summed E-state index contributed by atoms with van der Waals surface area (Å²) in [4.78, 5) is 0. The van der Waals surface area contributed by atoms with E-state index in [1.165, 1.54) is 0 Å². The number of nitrogens with one attached hydrogen (secondary N) is 1. The number of aromatic nitrogens is 3. The van der Waals surface area contributed by atoms with Crippen molar-refractivity contribution in [3.8, 4) is 0 Å². The Morgan fingerprint density at radius 1 is 1.29 bits per heavy atom. The zero-order valence-electron chi connectivity index (χ0n) is 9.88. The van der Waals surface area contributed by atoms with Crippen molar-refractivity contribution in [1.82, 2.24) is 20.3 Å². The summed E-state index contributed by atoms with van der Waals surface area (Å²) in [5, 5.41) is 28.2. The third-order valence-corrected chi connectivity index (χ3v) is 2.10. The van der Waals surface area contributed by atoms with E-state index >= 15 is 0 Å². The van der Waals surface area contributed by atoms with Gasteiger partial charge in [-0.3, -0.25) is 0 Å². The number of aliphatic hydroxyl groups is 2. The van der Waals surface area contributed by atoms with Crippen LogP contribution < -0.4 is 5.32 Å². The average Bonchev–Trinajstić information content (AvgIpc) is 2.76. The zero-order chi connectivity index (χ0) is 12.3. The van der Waals surface area contributed by atoms with E-state index in [-0.39, 0.29) is 13.2 Å². The maximum Gasteiger partial charge on any atom is 0.0964 e. The summed E-state index contributed by atoms with van der Waals surface area (Å²) >= 11 is 0. The smallest absolute Gasteiger partial charge is 0.0964 e. The molecule has 0 fully saturated rings. The molecule has 0 radical (unpaired) electrons. The third kappa shape index (κ3) is 6.32. The van der Waals surface area contributed by atoms with Gasteiger partial charge in [0, 0.05) is 19.3 Å². The van der Waals surface area contributed by atoms with Crippen LogP contribution in [0.25, 0.3) is 0 Å². The quantitative estimate of drug-likeness (QED) is 0.446. The summed E-state index contributed by atoms with van der Waals surface area (Å²) in [5.41, 5.74) is 0.856. The Morgan fingerprint density at radius 2 is 2.18 bits per heavy atom. The molecule has 1 aromatic heterocycles. The van der Waals surface area contributed by atoms with Crippen LogP contribution in [0.3, 0.4) is 0 Å². The lowest BCUT2D eigenvalue weighted by molar-refractivity contribution is 0.0907. The molecule has 1 rings (SSSR count). The number of ether oxygens (including phenoxy) is 1. The van der Waals surface area contributed by atoms with Crippen LogP contribution >= 0.6 is 0 Å². The van der Waals surface area contributed by atoms with Crippen LogP contribution in [0.1, 0.15) is 12.1 Å². The predicted octanol–water partition coefficient (Wildman–Crippen LogP) is -1.24. The van der Waals surface area contributed by atoms with Crippen molar-refractivity contribution in [2.75, 3.05) is 33.0 Å². The molecule has 0 atom stereocenters. The first kappa shape index (κ1) is 14.0. The average molecular weight is 244 g/mol. The molecule has 0 saturated heterocycles. The van der Waals surface area contributed by atoms with E-state index in [4.69, 9.17) is 14.9 Å². The van der Waals surface area contributed by atoms with E-state index in [2.05, 4.69) is 15.6 Å². The van der Waals surface area contributed by atoms with Crippen LogP contribution in [-0.4, -0.2) is 58.2 Å². The number of aliphatic hydroxyl groups excluding tert-OH is 2. The molecule has 0 aliphatic carbocycles. The van der Waals surface area contributed by atoms with Crippen molar-refractivity contribution in [3.05, 3.63) is 11.9 Å². The highest BCUT2D eigenvalue weighted by Gasteiger charge is 1.99. The maximum absolute atomic E-state index is 8.71. The molecule has 0 spiro atoms. The molecule has 0 bridgehead atoms. The Morgan fingerprint density at radius 3 is 2.94 bits per heavy atom. The van der Waals surface area contributed by atoms with Crippen LogP contribution in [-0.2, 0) is 17.8 Å². The van der Waals surface area contributed by atoms with E-state index in [1.54, 1.807) is 4.68 Å². The van der Waals surface area contributed by atoms with Crippen molar-refractivity contribution < 1.29 is 14.9 Å². The lowest BCUT2D eigenvalue weighted by Crippen LogP contribution is -2.17. The first-order chi connectivity index (χ1) is 8.36. The molecule has 3 N–H and O–H groups in total. The summed E-state index contributed by atoms with van der Waals surface area (Å²) in [6.07, 6.45) is 2.70. The van der Waals surface area contributed by atoms with E-state index < -0.39 is 0 Å². The Hall–Kier alpha value is -1.02. The van der Waals surface area contributed by atoms with Crippen molar-refractivity contribution in [2.24, 2.45) is 0 Å². The van der Waals surface area contributed by atoms with Gasteiger partial charge in [0.25, 0.3) is 0 Å². The fourth-order valence-corrected chi connectivity index (χ4v) is 1.31. The fourth-order valence-electron chi connectivity index (χ4n) is 1.31. The van der Waals surface area contributed by atoms with Gasteiger partial charge in [0.1, 0.15) is 0 Å². The highest BCUT2D eigenvalue weighted by Crippen LogP contribution is 1.92. The third-order valence-electron chi connectivity index (χ3n) is 2.10. The predicted molar refractivity (Wildman–Crippen MR) is 61.3 cm³/mol. The summed E-state index contributed by atoms with van der Waals surface area (Å²) in [7, 11) is 0. The first-order valence-corrected chi connectivity index (χ1v) is 5.76. The van der Waals surface area contributed by atoms with Crippen LogP contribution in [0.2, 0.25) is 0 Å². The van der Waals surface area contributed by atoms with Gasteiger partial charge < -0.3 is 20.3 Å². The molecule has 17 heavy (non-hydrogen) atoms. The molecular formula is C10H20N4O3. The van der Waals surface area contributed by atoms with Crippen molar-refractivity contribution in [2.45, 2.75) is 19.5 Å². The fraction of sp³-hybridized carbons (Fsp3) is 0.800. The molecule has 0 saturated carbocycles. The number of hydrogen-bond acceptors (Lipinski definition) is 6. The maximum atomic E-state index is 8.71. The summed E-state index contributed by atoms with van der Waals surface area (Å²) in [5.74, 6) is 0. The van der Waals surface area contributed by atoms with Gasteiger partial charge in [-0.1, -0.05) is 5.21 Å². The van der Waals surface area contributed by atoms with Crippen LogP contribution in [0, 0.1) is 0 Å². The monoisotopic (exact) mass is 244 g/mol. The van der Waals surface area contributed by atoms with Gasteiger partial charge in [-0.05, 0) is 13.0 Å². The van der Waals surface area contributed by atoms with Crippen LogP contribution in [0.5, 0.6) is 0 Å². The van der Waals surface area contributed by atoms with Gasteiger partial charge in [0.15, 0.2) is 0 Å². The second kappa shape index (κ2) is 9.06. The van der Waals surface area contributed by atoms with Crippen LogP contribution in [0.15, 0.2) is 6.20 Å². The molecule has 1 heterocycles. The molecule has 0 unspecified atom stereocenters. The van der Waals surface area contributed by atoms with Gasteiger partial charge in [-0.15, -0.1) is 5.10 Å². The summed E-state index contributed by atoms with van der Waals surface area (Å²) in [6, 6.07) is 0. The van der Waals surface area contributed by atoms with Gasteiger partial charge in [-0.2, -0.15) is 0 Å². The van der Waals surface area contributed by atoms with E-state index in [0.29, 0.717) is 26.3 Å². The lowest BCUT2D eigenvalue weighted by Gasteiger charge is -2.03. The zero-order valence-corrected chi connectivity index (χ0v) is 9.88. The molecule has 1 aromatic rings. The van der Waals surface area contributed by atoms with Crippen molar-refractivity contribution in [3.63, 3.8) is 0 Å². The molecular weight excluding hydrogens is 224 g/mol. The molecule has 0 aliphatic heterocycles. The minimum Gasteiger partial charge on any atom is -0.394 e. The van der Waals surface area contributed by atoms with E-state index in [0.717, 1.165) is 18.7 Å². The summed E-state index contributed by atoms with van der Waals surface area (Å²) < 4.78 is 6.73. The second-order valence-electron chi connectivity index (χ2n) is 3.56. The molecule has 7 heteroatoms. The molecule has 0 aliphatic rings. The number of nitrogens with zero attached hydrogens (tertiary/aromatic N) is 3. The SMILES string of the molecule is OCCOCCCNCc1cn(CCO)nn1. The van der Waals surface area contributed by atoms with E-state index in [1.807, 2.05) is 6.20 Å². The molecule has 0 amide bonds. The lowest BCUT2D eigenvalue weighted by atomic mass is 10.4. The van der Waals surface area contributed by atoms with Gasteiger partial charge in [0.05, 0.1) is 32.1 Å². The van der Waals surface area contributed by atoms with Crippen molar-refractivity contribution >= 4 is 0 Å². The van der Waals surface area contributed by atoms with Crippen LogP contribution in [0.4, 0.5) is 0 Å². The first-order valence-electron chi connectivity index (χ1n) is 5.76. The molecule has 0 aromatic carbocycles. The Kier molecular flexibility index (Phi) is 7.48. The minimum absolute atomic E-state index is 0.0679. The number of hydrogen-bond donors (Lipinski definition) is 3. The Bertz CT molecular complexity index is 293. The molecule has 7 nitrogen and oxygen atoms in total. The highest BCUT2D eigenvalue weighted by atomic mass is 16.5. The molecule has 98 valence electrons. The highest BCUT2D eigenvalue weighted by molar-refractivity contribution is 4.91. The van der Waals surface area contributed by atoms with Gasteiger partial charge in [0.2, 0.25) is 0 Å². The minimum atomic E-state index is 0.0679. The normalized spacial score (nSPS) is 10.9. The topological polar surface area (TPSA) is 92.4 Å². The number of rotatable bonds is 10. The van der Waals surface area contributed by atoms with Crippen molar-refractivity contribution in [1.29, 1.82) is 0 Å². The second-order valence-corrected chi connectivity index (χ2v) is 3.56.